The molecule has 2 rings (SSSR count). The van der Waals surface area contributed by atoms with Gasteiger partial charge in [0, 0.05) is 37.5 Å². The number of nitrogens with one attached hydrogen (secondary N) is 1. The van der Waals surface area contributed by atoms with Crippen LogP contribution >= 0.6 is 11.3 Å². The first-order valence-electron chi connectivity index (χ1n) is 7.31. The molecule has 1 fully saturated rings. The van der Waals surface area contributed by atoms with Gasteiger partial charge in [0.25, 0.3) is 0 Å². The van der Waals surface area contributed by atoms with Crippen LogP contribution < -0.4 is 5.32 Å². The van der Waals surface area contributed by atoms with Gasteiger partial charge in [-0.25, -0.2) is 0 Å². The Hall–Kier alpha value is -0.420. The molecule has 1 saturated heterocycles. The summed E-state index contributed by atoms with van der Waals surface area (Å²) in [5.74, 6) is 0. The standard InChI is InChI=1S/C15H25NO2S/c1-3-9-16-14(13-6-5-12-19-13)15(18-4-2)7-10-17-11-8-15/h5-6,12,14,16H,3-4,7-11H2,1-2H3. The van der Waals surface area contributed by atoms with E-state index in [1.54, 1.807) is 0 Å². The van der Waals surface area contributed by atoms with Crippen molar-refractivity contribution in [1.29, 1.82) is 0 Å². The van der Waals surface area contributed by atoms with Crippen LogP contribution in [0, 0.1) is 0 Å². The van der Waals surface area contributed by atoms with Gasteiger partial charge in [-0.05, 0) is 31.3 Å². The maximum atomic E-state index is 6.22. The lowest BCUT2D eigenvalue weighted by Gasteiger charge is -2.43. The Morgan fingerprint density at radius 3 is 2.79 bits per heavy atom. The van der Waals surface area contributed by atoms with Crippen LogP contribution in [-0.2, 0) is 9.47 Å². The van der Waals surface area contributed by atoms with E-state index >= 15 is 0 Å². The molecule has 108 valence electrons. The normalized spacial score (nSPS) is 20.3. The fourth-order valence-electron chi connectivity index (χ4n) is 2.81. The summed E-state index contributed by atoms with van der Waals surface area (Å²) in [6, 6.07) is 4.63. The highest BCUT2D eigenvalue weighted by molar-refractivity contribution is 7.10. The van der Waals surface area contributed by atoms with Gasteiger partial charge < -0.3 is 14.8 Å². The molecule has 1 aromatic heterocycles. The van der Waals surface area contributed by atoms with E-state index in [0.29, 0.717) is 0 Å². The number of thiophene rings is 1. The minimum absolute atomic E-state index is 0.104. The molecule has 1 atom stereocenters. The summed E-state index contributed by atoms with van der Waals surface area (Å²) in [5.41, 5.74) is -0.104. The lowest BCUT2D eigenvalue weighted by atomic mass is 9.84. The molecular formula is C15H25NO2S. The Morgan fingerprint density at radius 1 is 1.42 bits per heavy atom. The Morgan fingerprint density at radius 2 is 2.21 bits per heavy atom. The molecule has 0 bridgehead atoms. The summed E-state index contributed by atoms with van der Waals surface area (Å²) < 4.78 is 11.8. The first-order chi connectivity index (χ1) is 9.32. The second-order valence-electron chi connectivity index (χ2n) is 5.01. The van der Waals surface area contributed by atoms with Crippen molar-refractivity contribution in [1.82, 2.24) is 5.32 Å². The van der Waals surface area contributed by atoms with Crippen molar-refractivity contribution in [3.63, 3.8) is 0 Å². The Balaban J connectivity index is 2.21. The zero-order valence-corrected chi connectivity index (χ0v) is 12.8. The van der Waals surface area contributed by atoms with Crippen molar-refractivity contribution in [3.8, 4) is 0 Å². The highest BCUT2D eigenvalue weighted by Gasteiger charge is 2.42. The minimum atomic E-state index is -0.104. The van der Waals surface area contributed by atoms with Crippen molar-refractivity contribution in [2.24, 2.45) is 0 Å². The van der Waals surface area contributed by atoms with Gasteiger partial charge >= 0.3 is 0 Å². The van der Waals surface area contributed by atoms with Crippen molar-refractivity contribution in [3.05, 3.63) is 22.4 Å². The van der Waals surface area contributed by atoms with E-state index in [-0.39, 0.29) is 11.6 Å². The highest BCUT2D eigenvalue weighted by Crippen LogP contribution is 2.39. The van der Waals surface area contributed by atoms with Gasteiger partial charge in [0.15, 0.2) is 0 Å². The molecule has 0 saturated carbocycles. The zero-order valence-electron chi connectivity index (χ0n) is 12.0. The number of hydrogen-bond donors (Lipinski definition) is 1. The predicted octanol–water partition coefficient (Wildman–Crippen LogP) is 3.37. The van der Waals surface area contributed by atoms with Gasteiger partial charge in [0.1, 0.15) is 0 Å². The molecule has 0 spiro atoms. The molecule has 1 aromatic rings. The van der Waals surface area contributed by atoms with E-state index < -0.39 is 0 Å². The van der Waals surface area contributed by atoms with E-state index in [4.69, 9.17) is 9.47 Å². The van der Waals surface area contributed by atoms with Gasteiger partial charge in [-0.1, -0.05) is 13.0 Å². The largest absolute Gasteiger partial charge is 0.381 e. The molecule has 19 heavy (non-hydrogen) atoms. The average molecular weight is 283 g/mol. The molecule has 1 aliphatic heterocycles. The maximum Gasteiger partial charge on any atom is 0.0927 e. The maximum absolute atomic E-state index is 6.22. The fraction of sp³-hybridized carbons (Fsp3) is 0.733. The zero-order chi connectivity index (χ0) is 13.6. The van der Waals surface area contributed by atoms with Gasteiger partial charge in [-0.3, -0.25) is 0 Å². The van der Waals surface area contributed by atoms with E-state index in [1.807, 2.05) is 11.3 Å². The molecule has 0 radical (unpaired) electrons. The summed E-state index contributed by atoms with van der Waals surface area (Å²) in [6.07, 6.45) is 3.08. The van der Waals surface area contributed by atoms with Crippen LogP contribution in [0.5, 0.6) is 0 Å². The third-order valence-electron chi connectivity index (χ3n) is 3.72. The third kappa shape index (κ3) is 3.57. The monoisotopic (exact) mass is 283 g/mol. The Labute approximate surface area is 120 Å². The first kappa shape index (κ1) is 15.0. The van der Waals surface area contributed by atoms with Crippen molar-refractivity contribution < 1.29 is 9.47 Å². The molecule has 0 aliphatic carbocycles. The number of ether oxygens (including phenoxy) is 2. The van der Waals surface area contributed by atoms with Crippen LogP contribution in [0.2, 0.25) is 0 Å². The molecule has 4 heteroatoms. The van der Waals surface area contributed by atoms with Crippen LogP contribution in [0.15, 0.2) is 17.5 Å². The molecule has 1 N–H and O–H groups in total. The lowest BCUT2D eigenvalue weighted by Crippen LogP contribution is -2.49. The average Bonchev–Trinajstić information content (AvgIpc) is 2.94. The Bertz CT molecular complexity index is 342. The fourth-order valence-corrected chi connectivity index (χ4v) is 3.72. The topological polar surface area (TPSA) is 30.5 Å². The van der Waals surface area contributed by atoms with E-state index in [0.717, 1.165) is 45.6 Å². The van der Waals surface area contributed by atoms with Crippen LogP contribution in [-0.4, -0.2) is 32.0 Å². The summed E-state index contributed by atoms with van der Waals surface area (Å²) in [7, 11) is 0. The molecule has 1 unspecified atom stereocenters. The van der Waals surface area contributed by atoms with E-state index in [9.17, 15) is 0 Å². The summed E-state index contributed by atoms with van der Waals surface area (Å²) in [6.45, 7) is 7.68. The second-order valence-corrected chi connectivity index (χ2v) is 5.99. The van der Waals surface area contributed by atoms with Gasteiger partial charge in [-0.2, -0.15) is 0 Å². The summed E-state index contributed by atoms with van der Waals surface area (Å²) in [5, 5.41) is 5.84. The van der Waals surface area contributed by atoms with E-state index in [2.05, 4.69) is 36.7 Å². The molecule has 3 nitrogen and oxygen atoms in total. The van der Waals surface area contributed by atoms with Crippen LogP contribution in [0.25, 0.3) is 0 Å². The van der Waals surface area contributed by atoms with Gasteiger partial charge in [-0.15, -0.1) is 11.3 Å². The summed E-state index contributed by atoms with van der Waals surface area (Å²) >= 11 is 1.82. The van der Waals surface area contributed by atoms with Crippen LogP contribution in [0.1, 0.15) is 44.0 Å². The van der Waals surface area contributed by atoms with Crippen LogP contribution in [0.4, 0.5) is 0 Å². The smallest absolute Gasteiger partial charge is 0.0927 e. The predicted molar refractivity (Wildman–Crippen MR) is 79.8 cm³/mol. The van der Waals surface area contributed by atoms with Crippen LogP contribution in [0.3, 0.4) is 0 Å². The van der Waals surface area contributed by atoms with Crippen molar-refractivity contribution in [2.75, 3.05) is 26.4 Å². The SMILES string of the molecule is CCCNC(c1cccs1)C1(OCC)CCOCC1. The molecule has 1 aliphatic rings. The van der Waals surface area contributed by atoms with E-state index in [1.165, 1.54) is 4.88 Å². The molecular weight excluding hydrogens is 258 g/mol. The molecule has 2 heterocycles. The van der Waals surface area contributed by atoms with Crippen molar-refractivity contribution in [2.45, 2.75) is 44.8 Å². The highest BCUT2D eigenvalue weighted by atomic mass is 32.1. The molecule has 0 aromatic carbocycles. The first-order valence-corrected chi connectivity index (χ1v) is 8.19. The van der Waals surface area contributed by atoms with Gasteiger partial charge in [0.05, 0.1) is 11.6 Å². The third-order valence-corrected chi connectivity index (χ3v) is 4.66. The van der Waals surface area contributed by atoms with Gasteiger partial charge in [0.2, 0.25) is 0 Å². The molecule has 0 amide bonds. The lowest BCUT2D eigenvalue weighted by molar-refractivity contribution is -0.127. The quantitative estimate of drug-likeness (QED) is 0.832. The minimum Gasteiger partial charge on any atom is -0.381 e. The number of rotatable bonds is 7. The number of hydrogen-bond acceptors (Lipinski definition) is 4. The van der Waals surface area contributed by atoms with Crippen molar-refractivity contribution >= 4 is 11.3 Å². The second kappa shape index (κ2) is 7.39. The Kier molecular flexibility index (Phi) is 5.82. The summed E-state index contributed by atoms with van der Waals surface area (Å²) in [4.78, 5) is 1.38.